The number of nitrogen functional groups attached to an aromatic ring is 1. The van der Waals surface area contributed by atoms with Crippen molar-refractivity contribution in [3.63, 3.8) is 0 Å². The summed E-state index contributed by atoms with van der Waals surface area (Å²) in [6.45, 7) is 3.40. The number of carbonyl (C=O) groups excluding carboxylic acids is 1. The zero-order chi connectivity index (χ0) is 20.6. The summed E-state index contributed by atoms with van der Waals surface area (Å²) in [4.78, 5) is 12.6. The maximum Gasteiger partial charge on any atom is 0.453 e. The third-order valence-electron chi connectivity index (χ3n) is 4.08. The number of Topliss-reactive ketones (excluding diaryl/α,β-unsaturated/α-hetero) is 1. The van der Waals surface area contributed by atoms with E-state index in [1.165, 1.54) is 6.07 Å². The smallest absolute Gasteiger partial charge is 0.335 e. The van der Waals surface area contributed by atoms with Crippen LogP contribution in [0.3, 0.4) is 0 Å². The quantitative estimate of drug-likeness (QED) is 0.300. The summed E-state index contributed by atoms with van der Waals surface area (Å²) in [7, 11) is 0. The Labute approximate surface area is 161 Å². The van der Waals surface area contributed by atoms with Crippen LogP contribution in [0.2, 0.25) is 0 Å². The van der Waals surface area contributed by atoms with Gasteiger partial charge < -0.3 is 10.4 Å². The van der Waals surface area contributed by atoms with Crippen LogP contribution in [0.1, 0.15) is 27.6 Å². The lowest BCUT2D eigenvalue weighted by Gasteiger charge is -2.10. The molecule has 6 nitrogen and oxygen atoms in total. The van der Waals surface area contributed by atoms with Crippen LogP contribution in [-0.4, -0.2) is 31.0 Å². The van der Waals surface area contributed by atoms with E-state index in [0.29, 0.717) is 27.3 Å². The highest BCUT2D eigenvalue weighted by Crippen LogP contribution is 2.29. The number of para-hydroxylation sites is 1. The number of alkyl halides is 3. The number of benzene rings is 1. The minimum Gasteiger partial charge on any atom is -0.335 e. The first-order chi connectivity index (χ1) is 13.1. The Morgan fingerprint density at radius 1 is 1.21 bits per heavy atom. The highest BCUT2D eigenvalue weighted by Gasteiger charge is 2.38. The Balaban J connectivity index is 1.82. The summed E-state index contributed by atoms with van der Waals surface area (Å²) >= 11 is 0.741. The molecule has 0 radical (unpaired) electrons. The molecule has 0 amide bonds. The molecule has 11 heteroatoms. The summed E-state index contributed by atoms with van der Waals surface area (Å²) < 4.78 is 54.2. The third kappa shape index (κ3) is 3.61. The summed E-state index contributed by atoms with van der Waals surface area (Å²) in [6.07, 6.45) is -4.74. The molecule has 0 unspecified atom stereocenters. The fraction of sp³-hybridized carbons (Fsp3) is 0.235. The number of rotatable bonds is 5. The van der Waals surface area contributed by atoms with Gasteiger partial charge in [-0.15, -0.1) is 10.2 Å². The normalized spacial score (nSPS) is 11.8. The lowest BCUT2D eigenvalue weighted by Crippen LogP contribution is -2.21. The number of hydrogen-bond acceptors (Lipinski definition) is 5. The SMILES string of the molecule is Cc1cc(C(=O)CSc2nnc(C(F)(F)F)n2N)c(C)n1-c1ccccc1F. The van der Waals surface area contributed by atoms with Gasteiger partial charge in [-0.1, -0.05) is 23.9 Å². The Bertz CT molecular complexity index is 1040. The fourth-order valence-electron chi connectivity index (χ4n) is 2.83. The molecule has 148 valence electrons. The molecule has 0 atom stereocenters. The molecule has 1 aromatic carbocycles. The molecule has 0 aliphatic heterocycles. The maximum atomic E-state index is 14.1. The van der Waals surface area contributed by atoms with Crippen LogP contribution in [0, 0.1) is 19.7 Å². The van der Waals surface area contributed by atoms with Crippen molar-refractivity contribution in [3.05, 3.63) is 58.9 Å². The summed E-state index contributed by atoms with van der Waals surface area (Å²) in [5, 5.41) is 6.15. The number of hydrogen-bond donors (Lipinski definition) is 1. The van der Waals surface area contributed by atoms with Crippen LogP contribution in [0.4, 0.5) is 17.6 Å². The Kier molecular flexibility index (Phi) is 5.20. The molecule has 0 saturated heterocycles. The van der Waals surface area contributed by atoms with Crippen molar-refractivity contribution >= 4 is 17.5 Å². The first-order valence-corrected chi connectivity index (χ1v) is 8.97. The van der Waals surface area contributed by atoms with E-state index < -0.39 is 17.8 Å². The number of thioether (sulfide) groups is 1. The van der Waals surface area contributed by atoms with Crippen LogP contribution in [0.5, 0.6) is 0 Å². The van der Waals surface area contributed by atoms with Gasteiger partial charge in [0.2, 0.25) is 5.16 Å². The first-order valence-electron chi connectivity index (χ1n) is 7.98. The Morgan fingerprint density at radius 2 is 1.89 bits per heavy atom. The highest BCUT2D eigenvalue weighted by molar-refractivity contribution is 7.99. The molecule has 0 aliphatic rings. The predicted molar refractivity (Wildman–Crippen MR) is 95.4 cm³/mol. The van der Waals surface area contributed by atoms with Gasteiger partial charge in [-0.05, 0) is 32.0 Å². The minimum absolute atomic E-state index is 0.200. The molecule has 3 rings (SSSR count). The predicted octanol–water partition coefficient (Wildman–Crippen LogP) is 3.53. The number of ketones is 1. The second-order valence-corrected chi connectivity index (χ2v) is 6.90. The molecule has 2 aromatic heterocycles. The van der Waals surface area contributed by atoms with Crippen molar-refractivity contribution < 1.29 is 22.4 Å². The van der Waals surface area contributed by atoms with Gasteiger partial charge in [0, 0.05) is 17.0 Å². The molecule has 0 saturated carbocycles. The van der Waals surface area contributed by atoms with Crippen LogP contribution in [-0.2, 0) is 6.18 Å². The topological polar surface area (TPSA) is 78.7 Å². The zero-order valence-corrected chi connectivity index (χ0v) is 15.6. The number of nitrogens with two attached hydrogens (primary N) is 1. The fourth-order valence-corrected chi connectivity index (χ4v) is 3.57. The number of halogens is 4. The third-order valence-corrected chi connectivity index (χ3v) is 5.02. The number of aromatic nitrogens is 4. The Morgan fingerprint density at radius 3 is 2.50 bits per heavy atom. The van der Waals surface area contributed by atoms with Gasteiger partial charge in [0.05, 0.1) is 11.4 Å². The summed E-state index contributed by atoms with van der Waals surface area (Å²) in [5.41, 5.74) is 1.82. The van der Waals surface area contributed by atoms with Crippen molar-refractivity contribution in [3.8, 4) is 5.69 Å². The molecule has 28 heavy (non-hydrogen) atoms. The van der Waals surface area contributed by atoms with E-state index in [-0.39, 0.29) is 16.7 Å². The van der Waals surface area contributed by atoms with E-state index in [1.807, 2.05) is 0 Å². The summed E-state index contributed by atoms with van der Waals surface area (Å²) in [5.74, 6) is 3.03. The minimum atomic E-state index is -4.74. The monoisotopic (exact) mass is 413 g/mol. The van der Waals surface area contributed by atoms with Crippen LogP contribution in [0.25, 0.3) is 5.69 Å². The van der Waals surface area contributed by atoms with Gasteiger partial charge >= 0.3 is 6.18 Å². The lowest BCUT2D eigenvalue weighted by atomic mass is 10.2. The molecular weight excluding hydrogens is 398 g/mol. The van der Waals surface area contributed by atoms with E-state index in [1.54, 1.807) is 42.7 Å². The van der Waals surface area contributed by atoms with Crippen molar-refractivity contribution in [2.45, 2.75) is 25.2 Å². The maximum absolute atomic E-state index is 14.1. The highest BCUT2D eigenvalue weighted by atomic mass is 32.2. The van der Waals surface area contributed by atoms with Crippen molar-refractivity contribution in [2.75, 3.05) is 11.6 Å². The van der Waals surface area contributed by atoms with Crippen LogP contribution < -0.4 is 5.84 Å². The largest absolute Gasteiger partial charge is 0.453 e. The molecule has 2 heterocycles. The van der Waals surface area contributed by atoms with Gasteiger partial charge in [0.1, 0.15) is 5.82 Å². The van der Waals surface area contributed by atoms with E-state index in [0.717, 1.165) is 11.8 Å². The van der Waals surface area contributed by atoms with E-state index in [9.17, 15) is 22.4 Å². The second-order valence-electron chi connectivity index (χ2n) is 5.96. The number of aryl methyl sites for hydroxylation is 1. The molecule has 0 bridgehead atoms. The van der Waals surface area contributed by atoms with E-state index in [4.69, 9.17) is 5.84 Å². The van der Waals surface area contributed by atoms with E-state index >= 15 is 0 Å². The van der Waals surface area contributed by atoms with E-state index in [2.05, 4.69) is 10.2 Å². The van der Waals surface area contributed by atoms with Crippen molar-refractivity contribution in [2.24, 2.45) is 0 Å². The van der Waals surface area contributed by atoms with Crippen molar-refractivity contribution in [1.82, 2.24) is 19.4 Å². The first kappa shape index (κ1) is 19.9. The molecule has 0 spiro atoms. The van der Waals surface area contributed by atoms with Gasteiger partial charge in [0.25, 0.3) is 5.82 Å². The molecule has 0 fully saturated rings. The van der Waals surface area contributed by atoms with Crippen LogP contribution in [0.15, 0.2) is 35.5 Å². The molecule has 3 aromatic rings. The van der Waals surface area contributed by atoms with Crippen molar-refractivity contribution in [1.29, 1.82) is 0 Å². The standard InChI is InChI=1S/C17H15F4N5OS/c1-9-7-11(10(2)25(9)13-6-4-3-5-12(13)18)14(27)8-28-16-24-23-15(26(16)22)17(19,20)21/h3-7H,8,22H2,1-2H3. The molecule has 0 aliphatic carbocycles. The van der Waals surface area contributed by atoms with Gasteiger partial charge in [-0.3, -0.25) is 4.79 Å². The summed E-state index contributed by atoms with van der Waals surface area (Å²) in [6, 6.07) is 7.76. The van der Waals surface area contributed by atoms with Gasteiger partial charge in [0.15, 0.2) is 5.78 Å². The zero-order valence-electron chi connectivity index (χ0n) is 14.8. The average Bonchev–Trinajstić information content (AvgIpc) is 3.13. The lowest BCUT2D eigenvalue weighted by molar-refractivity contribution is -0.146. The molecule has 2 N–H and O–H groups in total. The van der Waals surface area contributed by atoms with Gasteiger partial charge in [-0.25, -0.2) is 9.07 Å². The van der Waals surface area contributed by atoms with Crippen LogP contribution >= 0.6 is 11.8 Å². The molecular formula is C17H15F4N5OS. The number of nitrogens with zero attached hydrogens (tertiary/aromatic N) is 4. The number of carbonyl (C=O) groups is 1. The Hall–Kier alpha value is -2.82. The average molecular weight is 413 g/mol. The van der Waals surface area contributed by atoms with Gasteiger partial charge in [-0.2, -0.15) is 13.2 Å². The second kappa shape index (κ2) is 7.30.